The number of aliphatic carboxylic acids is 1. The number of carboxylic acid groups (broad SMARTS) is 2. The van der Waals surface area contributed by atoms with Gasteiger partial charge in [0.1, 0.15) is 24.0 Å². The van der Waals surface area contributed by atoms with Crippen molar-refractivity contribution in [3.8, 4) is 11.8 Å². The van der Waals surface area contributed by atoms with Gasteiger partial charge in [-0.15, -0.1) is 0 Å². The minimum absolute atomic E-state index is 0.0112. The van der Waals surface area contributed by atoms with Gasteiger partial charge in [0.25, 0.3) is 0 Å². The first-order valence-corrected chi connectivity index (χ1v) is 10.2. The maximum atomic E-state index is 12.6. The van der Waals surface area contributed by atoms with Crippen molar-refractivity contribution in [2.45, 2.75) is 50.0 Å². The topological polar surface area (TPSA) is 140 Å². The molecule has 13 heteroatoms. The second kappa shape index (κ2) is 11.2. The van der Waals surface area contributed by atoms with Crippen molar-refractivity contribution in [3.05, 3.63) is 28.8 Å². The van der Waals surface area contributed by atoms with Crippen LogP contribution in [-0.2, 0) is 9.59 Å². The molecule has 2 aliphatic rings. The fraction of sp³-hybridized carbons (Fsp3) is 0.500. The van der Waals surface area contributed by atoms with Gasteiger partial charge in [-0.3, -0.25) is 10.1 Å². The number of aromatic carboxylic acids is 1. The van der Waals surface area contributed by atoms with E-state index >= 15 is 0 Å². The lowest BCUT2D eigenvalue weighted by Crippen LogP contribution is -2.47. The lowest BCUT2D eigenvalue weighted by molar-refractivity contribution is -0.192. The van der Waals surface area contributed by atoms with Crippen LogP contribution in [0.2, 0.25) is 5.02 Å². The molecular formula is C20H21ClF3N3O6. The van der Waals surface area contributed by atoms with Crippen LogP contribution in [0, 0.1) is 11.3 Å². The third-order valence-electron chi connectivity index (χ3n) is 5.08. The first kappa shape index (κ1) is 26.2. The molecule has 1 amide bonds. The molecule has 0 saturated carbocycles. The number of rotatable bonds is 5. The maximum Gasteiger partial charge on any atom is 0.490 e. The summed E-state index contributed by atoms with van der Waals surface area (Å²) in [6.45, 7) is 0.885. The van der Waals surface area contributed by atoms with Gasteiger partial charge in [-0.05, 0) is 43.9 Å². The highest BCUT2D eigenvalue weighted by atomic mass is 35.5. The molecule has 0 aliphatic carbocycles. The number of nitrogens with zero attached hydrogens (tertiary/aromatic N) is 2. The van der Waals surface area contributed by atoms with Crippen molar-refractivity contribution in [1.29, 1.82) is 5.26 Å². The minimum Gasteiger partial charge on any atom is -0.491 e. The molecule has 2 saturated heterocycles. The van der Waals surface area contributed by atoms with Crippen molar-refractivity contribution in [2.75, 3.05) is 13.2 Å². The maximum absolute atomic E-state index is 12.6. The molecule has 2 heterocycles. The minimum atomic E-state index is -5.08. The summed E-state index contributed by atoms with van der Waals surface area (Å²) in [6.07, 6.45) is -2.07. The number of nitrogens with one attached hydrogen (secondary N) is 1. The summed E-state index contributed by atoms with van der Waals surface area (Å²) < 4.78 is 37.4. The van der Waals surface area contributed by atoms with Crippen molar-refractivity contribution in [2.24, 2.45) is 0 Å². The van der Waals surface area contributed by atoms with Crippen LogP contribution in [0.25, 0.3) is 0 Å². The van der Waals surface area contributed by atoms with Crippen molar-refractivity contribution in [1.82, 2.24) is 10.2 Å². The molecule has 180 valence electrons. The molecule has 3 N–H and O–H groups in total. The molecule has 3 atom stereocenters. The first-order chi connectivity index (χ1) is 15.4. The number of amides is 1. The molecule has 9 nitrogen and oxygen atoms in total. The Morgan fingerprint density at radius 1 is 1.24 bits per heavy atom. The highest BCUT2D eigenvalue weighted by Gasteiger charge is 2.38. The molecule has 0 bridgehead atoms. The summed E-state index contributed by atoms with van der Waals surface area (Å²) in [6, 6.07) is 5.95. The van der Waals surface area contributed by atoms with Crippen molar-refractivity contribution in [3.63, 3.8) is 0 Å². The summed E-state index contributed by atoms with van der Waals surface area (Å²) in [5.74, 6) is -3.64. The second-order valence-corrected chi connectivity index (χ2v) is 7.81. The number of likely N-dealkylation sites (tertiary alicyclic amines) is 1. The second-order valence-electron chi connectivity index (χ2n) is 7.37. The van der Waals surface area contributed by atoms with E-state index in [1.807, 2.05) is 0 Å². The fourth-order valence-electron chi connectivity index (χ4n) is 3.50. The Kier molecular flexibility index (Phi) is 8.90. The number of carboxylic acids is 2. The predicted octanol–water partition coefficient (Wildman–Crippen LogP) is 2.69. The highest BCUT2D eigenvalue weighted by Crippen LogP contribution is 2.25. The molecular weight excluding hydrogens is 471 g/mol. The summed E-state index contributed by atoms with van der Waals surface area (Å²) in [5.41, 5.74) is 0.0112. The zero-order valence-electron chi connectivity index (χ0n) is 17.1. The number of hydrogen-bond donors (Lipinski definition) is 3. The van der Waals surface area contributed by atoms with Crippen LogP contribution in [0.1, 0.15) is 36.0 Å². The van der Waals surface area contributed by atoms with Gasteiger partial charge >= 0.3 is 18.1 Å². The largest absolute Gasteiger partial charge is 0.491 e. The number of carbonyl (C=O) groups excluding carboxylic acids is 1. The van der Waals surface area contributed by atoms with Crippen molar-refractivity contribution >= 4 is 29.4 Å². The molecule has 3 rings (SSSR count). The number of halogens is 4. The number of ether oxygens (including phenoxy) is 1. The van der Waals surface area contributed by atoms with E-state index in [0.717, 1.165) is 19.3 Å². The monoisotopic (exact) mass is 491 g/mol. The zero-order valence-corrected chi connectivity index (χ0v) is 17.9. The number of hydrogen-bond acceptors (Lipinski definition) is 6. The highest BCUT2D eigenvalue weighted by molar-refractivity contribution is 6.31. The molecule has 33 heavy (non-hydrogen) atoms. The Labute approximate surface area is 191 Å². The van der Waals surface area contributed by atoms with Gasteiger partial charge in [0.2, 0.25) is 5.91 Å². The molecule has 2 aliphatic heterocycles. The molecule has 0 unspecified atom stereocenters. The smallest absolute Gasteiger partial charge is 0.490 e. The van der Waals surface area contributed by atoms with Crippen LogP contribution in [0.15, 0.2) is 18.2 Å². The summed E-state index contributed by atoms with van der Waals surface area (Å²) in [4.78, 5) is 34.4. The molecule has 1 aromatic carbocycles. The normalized spacial score (nSPS) is 22.2. The van der Waals surface area contributed by atoms with Crippen LogP contribution in [-0.4, -0.2) is 70.4 Å². The summed E-state index contributed by atoms with van der Waals surface area (Å²) >= 11 is 5.83. The number of alkyl halides is 3. The van der Waals surface area contributed by atoms with Crippen molar-refractivity contribution < 1.29 is 42.5 Å². The van der Waals surface area contributed by atoms with Crippen LogP contribution < -0.4 is 10.1 Å². The molecule has 0 spiro atoms. The van der Waals surface area contributed by atoms with Crippen LogP contribution in [0.5, 0.6) is 5.75 Å². The molecule has 0 radical (unpaired) electrons. The predicted molar refractivity (Wildman–Crippen MR) is 108 cm³/mol. The van der Waals surface area contributed by atoms with Crippen LogP contribution in [0.4, 0.5) is 13.2 Å². The SMILES string of the molecule is N#C[C@@H]1CCCN1C(=O)[C@@H]1CC[C@H](COc2ccc(Cl)cc2C(=O)O)N1.O=C(O)C(F)(F)F. The van der Waals surface area contributed by atoms with E-state index in [1.54, 1.807) is 11.0 Å². The Hall–Kier alpha value is -3.04. The number of carbonyl (C=O) groups is 3. The van der Waals surface area contributed by atoms with Crippen LogP contribution >= 0.6 is 11.6 Å². The van der Waals surface area contributed by atoms with E-state index in [0.29, 0.717) is 18.0 Å². The van der Waals surface area contributed by atoms with E-state index in [1.165, 1.54) is 12.1 Å². The lowest BCUT2D eigenvalue weighted by Gasteiger charge is -2.24. The zero-order chi connectivity index (χ0) is 24.8. The summed E-state index contributed by atoms with van der Waals surface area (Å²) in [5, 5.41) is 29.1. The Morgan fingerprint density at radius 2 is 1.91 bits per heavy atom. The molecule has 2 fully saturated rings. The van der Waals surface area contributed by atoms with Gasteiger partial charge in [0.05, 0.1) is 12.1 Å². The third kappa shape index (κ3) is 7.23. The van der Waals surface area contributed by atoms with Gasteiger partial charge in [0.15, 0.2) is 0 Å². The standard InChI is InChI=1S/C18H20ClN3O4.C2HF3O2/c19-11-3-6-16(14(8-11)18(24)25)26-10-12-4-5-15(21-12)17(23)22-7-1-2-13(22)9-20;3-2(4,5)1(6)7/h3,6,8,12-13,15,21H,1-2,4-5,7,10H2,(H,24,25);(H,6,7)/t12-,13+,15+;/m1./s1. The van der Waals surface area contributed by atoms with Gasteiger partial charge in [-0.2, -0.15) is 18.4 Å². The van der Waals surface area contributed by atoms with Gasteiger partial charge in [0, 0.05) is 17.6 Å². The fourth-order valence-corrected chi connectivity index (χ4v) is 3.67. The Morgan fingerprint density at radius 3 is 2.48 bits per heavy atom. The van der Waals surface area contributed by atoms with E-state index in [4.69, 9.17) is 31.5 Å². The third-order valence-corrected chi connectivity index (χ3v) is 5.31. The Balaban J connectivity index is 0.000000479. The number of benzene rings is 1. The van der Waals surface area contributed by atoms with Gasteiger partial charge in [-0.1, -0.05) is 11.6 Å². The van der Waals surface area contributed by atoms with E-state index < -0.39 is 18.1 Å². The molecule has 1 aromatic rings. The summed E-state index contributed by atoms with van der Waals surface area (Å²) in [7, 11) is 0. The number of nitriles is 1. The average molecular weight is 492 g/mol. The van der Waals surface area contributed by atoms with Crippen LogP contribution in [0.3, 0.4) is 0 Å². The van der Waals surface area contributed by atoms with E-state index in [9.17, 15) is 27.9 Å². The van der Waals surface area contributed by atoms with Gasteiger partial charge < -0.3 is 19.8 Å². The lowest BCUT2D eigenvalue weighted by atomic mass is 10.1. The van der Waals surface area contributed by atoms with E-state index in [-0.39, 0.29) is 42.0 Å². The van der Waals surface area contributed by atoms with Gasteiger partial charge in [-0.25, -0.2) is 9.59 Å². The molecule has 0 aromatic heterocycles. The average Bonchev–Trinajstić information content (AvgIpc) is 3.41. The first-order valence-electron chi connectivity index (χ1n) is 9.86. The Bertz CT molecular complexity index is 937. The quantitative estimate of drug-likeness (QED) is 0.571. The van der Waals surface area contributed by atoms with E-state index in [2.05, 4.69) is 11.4 Å².